The maximum Gasteiger partial charge on any atom is 0.275 e. The van der Waals surface area contributed by atoms with Gasteiger partial charge in [-0.3, -0.25) is 4.79 Å². The van der Waals surface area contributed by atoms with Crippen LogP contribution in [0.25, 0.3) is 0 Å². The van der Waals surface area contributed by atoms with Crippen molar-refractivity contribution in [2.45, 2.75) is 0 Å². The van der Waals surface area contributed by atoms with Crippen molar-refractivity contribution in [3.63, 3.8) is 0 Å². The van der Waals surface area contributed by atoms with Crippen LogP contribution in [0.4, 0.5) is 0 Å². The molecule has 24 heavy (non-hydrogen) atoms. The molecule has 0 spiro atoms. The summed E-state index contributed by atoms with van der Waals surface area (Å²) in [6.45, 7) is 0. The Morgan fingerprint density at radius 2 is 1.83 bits per heavy atom. The van der Waals surface area contributed by atoms with E-state index in [2.05, 4.69) is 26.5 Å². The van der Waals surface area contributed by atoms with E-state index in [9.17, 15) is 4.79 Å². The number of halogens is 3. The van der Waals surface area contributed by atoms with E-state index in [-0.39, 0.29) is 0 Å². The van der Waals surface area contributed by atoms with Crippen LogP contribution in [0.5, 0.6) is 11.5 Å². The van der Waals surface area contributed by atoms with Crippen molar-refractivity contribution < 1.29 is 14.3 Å². The summed E-state index contributed by atoms with van der Waals surface area (Å²) in [6, 6.07) is 8.36. The molecule has 0 unspecified atom stereocenters. The summed E-state index contributed by atoms with van der Waals surface area (Å²) in [5.41, 5.74) is 3.40. The molecule has 2 aromatic carbocycles. The van der Waals surface area contributed by atoms with Gasteiger partial charge in [0.2, 0.25) is 0 Å². The van der Waals surface area contributed by atoms with E-state index >= 15 is 0 Å². The Hall–Kier alpha value is -1.76. The standard InChI is InChI=1S/C16H13BrCl2N2O3/c1-23-14-4-3-10(17)7-11(14)16(22)21-20-8-9-5-12(18)15(24-2)13(19)6-9/h3-8H,1-2H3,(H,21,22)/b20-8+. The minimum atomic E-state index is -0.407. The molecular weight excluding hydrogens is 419 g/mol. The van der Waals surface area contributed by atoms with Crippen molar-refractivity contribution in [3.8, 4) is 11.5 Å². The molecule has 5 nitrogen and oxygen atoms in total. The number of methoxy groups -OCH3 is 2. The summed E-state index contributed by atoms with van der Waals surface area (Å²) in [6.07, 6.45) is 1.43. The van der Waals surface area contributed by atoms with Gasteiger partial charge >= 0.3 is 0 Å². The Kier molecular flexibility index (Phi) is 6.48. The predicted molar refractivity (Wildman–Crippen MR) is 98.8 cm³/mol. The fourth-order valence-corrected chi connectivity index (χ4v) is 2.95. The number of ether oxygens (including phenoxy) is 2. The molecule has 8 heteroatoms. The van der Waals surface area contributed by atoms with Gasteiger partial charge in [-0.25, -0.2) is 5.43 Å². The molecule has 0 aliphatic carbocycles. The number of nitrogens with zero attached hydrogens (tertiary/aromatic N) is 1. The number of benzene rings is 2. The molecule has 0 saturated heterocycles. The van der Waals surface area contributed by atoms with Crippen LogP contribution < -0.4 is 14.9 Å². The number of rotatable bonds is 5. The van der Waals surface area contributed by atoms with Gasteiger partial charge in [0.05, 0.1) is 36.0 Å². The average Bonchev–Trinajstić information content (AvgIpc) is 2.54. The zero-order chi connectivity index (χ0) is 17.7. The largest absolute Gasteiger partial charge is 0.496 e. The monoisotopic (exact) mass is 430 g/mol. The third kappa shape index (κ3) is 4.41. The molecule has 2 rings (SSSR count). The Balaban J connectivity index is 2.15. The summed E-state index contributed by atoms with van der Waals surface area (Å²) < 4.78 is 11.0. The lowest BCUT2D eigenvalue weighted by Gasteiger charge is -2.08. The van der Waals surface area contributed by atoms with E-state index in [0.29, 0.717) is 32.7 Å². The fourth-order valence-electron chi connectivity index (χ4n) is 1.93. The maximum atomic E-state index is 12.2. The van der Waals surface area contributed by atoms with Crippen molar-refractivity contribution in [2.75, 3.05) is 14.2 Å². The second kappa shape index (κ2) is 8.37. The maximum absolute atomic E-state index is 12.2. The van der Waals surface area contributed by atoms with Gasteiger partial charge in [-0.15, -0.1) is 0 Å². The van der Waals surface area contributed by atoms with E-state index in [4.69, 9.17) is 32.7 Å². The molecule has 0 heterocycles. The first-order valence-corrected chi connectivity index (χ1v) is 8.21. The number of hydrazone groups is 1. The van der Waals surface area contributed by atoms with Crippen LogP contribution in [-0.4, -0.2) is 26.3 Å². The van der Waals surface area contributed by atoms with E-state index in [1.165, 1.54) is 20.4 Å². The number of amides is 1. The number of hydrogen-bond acceptors (Lipinski definition) is 4. The van der Waals surface area contributed by atoms with Gasteiger partial charge in [0.25, 0.3) is 5.91 Å². The second-order valence-corrected chi connectivity index (χ2v) is 6.29. The number of carbonyl (C=O) groups excluding carboxylic acids is 1. The summed E-state index contributed by atoms with van der Waals surface area (Å²) in [4.78, 5) is 12.2. The van der Waals surface area contributed by atoms with Gasteiger partial charge in [0.15, 0.2) is 5.75 Å². The van der Waals surface area contributed by atoms with E-state index in [1.807, 2.05) is 0 Å². The van der Waals surface area contributed by atoms with Gasteiger partial charge in [0, 0.05) is 4.47 Å². The van der Waals surface area contributed by atoms with Gasteiger partial charge in [-0.2, -0.15) is 5.10 Å². The molecule has 1 amide bonds. The summed E-state index contributed by atoms with van der Waals surface area (Å²) in [5.74, 6) is 0.426. The van der Waals surface area contributed by atoms with Gasteiger partial charge in [-0.05, 0) is 35.9 Å². The smallest absolute Gasteiger partial charge is 0.275 e. The molecule has 0 saturated carbocycles. The number of hydrogen-bond donors (Lipinski definition) is 1. The van der Waals surface area contributed by atoms with E-state index < -0.39 is 5.91 Å². The fraction of sp³-hybridized carbons (Fsp3) is 0.125. The third-order valence-electron chi connectivity index (χ3n) is 3.01. The zero-order valence-corrected chi connectivity index (χ0v) is 15.9. The van der Waals surface area contributed by atoms with Crippen LogP contribution in [0.3, 0.4) is 0 Å². The highest BCUT2D eigenvalue weighted by molar-refractivity contribution is 9.10. The van der Waals surface area contributed by atoms with Gasteiger partial charge in [0.1, 0.15) is 5.75 Å². The molecule has 0 aliphatic heterocycles. The lowest BCUT2D eigenvalue weighted by atomic mass is 10.2. The van der Waals surface area contributed by atoms with Crippen molar-refractivity contribution in [2.24, 2.45) is 5.10 Å². The first-order chi connectivity index (χ1) is 11.5. The summed E-state index contributed by atoms with van der Waals surface area (Å²) >= 11 is 15.4. The first kappa shape index (κ1) is 18.6. The lowest BCUT2D eigenvalue weighted by Crippen LogP contribution is -2.18. The van der Waals surface area contributed by atoms with E-state index in [1.54, 1.807) is 30.3 Å². The Morgan fingerprint density at radius 1 is 1.17 bits per heavy atom. The van der Waals surface area contributed by atoms with E-state index in [0.717, 1.165) is 4.47 Å². The van der Waals surface area contributed by atoms with Crippen molar-refractivity contribution in [3.05, 3.63) is 56.0 Å². The van der Waals surface area contributed by atoms with Gasteiger partial charge < -0.3 is 9.47 Å². The molecule has 126 valence electrons. The molecular formula is C16H13BrCl2N2O3. The second-order valence-electron chi connectivity index (χ2n) is 4.56. The molecule has 0 aliphatic rings. The molecule has 1 N–H and O–H groups in total. The minimum Gasteiger partial charge on any atom is -0.496 e. The average molecular weight is 432 g/mol. The highest BCUT2D eigenvalue weighted by Gasteiger charge is 2.12. The zero-order valence-electron chi connectivity index (χ0n) is 12.8. The lowest BCUT2D eigenvalue weighted by molar-refractivity contribution is 0.0952. The van der Waals surface area contributed by atoms with Crippen LogP contribution in [0, 0.1) is 0 Å². The molecule has 0 bridgehead atoms. The van der Waals surface area contributed by atoms with Crippen molar-refractivity contribution >= 4 is 51.3 Å². The molecule has 0 atom stereocenters. The van der Waals surface area contributed by atoms with Crippen molar-refractivity contribution in [1.29, 1.82) is 0 Å². The first-order valence-electron chi connectivity index (χ1n) is 6.66. The van der Waals surface area contributed by atoms with Crippen molar-refractivity contribution in [1.82, 2.24) is 5.43 Å². The highest BCUT2D eigenvalue weighted by Crippen LogP contribution is 2.33. The van der Waals surface area contributed by atoms with Crippen LogP contribution in [0.1, 0.15) is 15.9 Å². The quantitative estimate of drug-likeness (QED) is 0.558. The SMILES string of the molecule is COc1ccc(Br)cc1C(=O)N/N=C/c1cc(Cl)c(OC)c(Cl)c1. The predicted octanol–water partition coefficient (Wildman–Crippen LogP) is 4.54. The summed E-state index contributed by atoms with van der Waals surface area (Å²) in [7, 11) is 2.97. The Labute approximate surface area is 157 Å². The Bertz CT molecular complexity index is 774. The topological polar surface area (TPSA) is 59.9 Å². The molecule has 0 radical (unpaired) electrons. The molecule has 2 aromatic rings. The Morgan fingerprint density at radius 3 is 2.42 bits per heavy atom. The van der Waals surface area contributed by atoms with Crippen LogP contribution in [-0.2, 0) is 0 Å². The number of nitrogens with one attached hydrogen (secondary N) is 1. The van der Waals surface area contributed by atoms with Crippen LogP contribution >= 0.6 is 39.1 Å². The molecule has 0 aromatic heterocycles. The van der Waals surface area contributed by atoms with Gasteiger partial charge in [-0.1, -0.05) is 39.1 Å². The third-order valence-corrected chi connectivity index (χ3v) is 4.07. The normalized spacial score (nSPS) is 10.7. The van der Waals surface area contributed by atoms with Crippen LogP contribution in [0.2, 0.25) is 10.0 Å². The van der Waals surface area contributed by atoms with Crippen LogP contribution in [0.15, 0.2) is 39.9 Å². The number of carbonyl (C=O) groups is 1. The summed E-state index contributed by atoms with van der Waals surface area (Å²) in [5, 5.41) is 4.61. The molecule has 0 fully saturated rings. The highest BCUT2D eigenvalue weighted by atomic mass is 79.9. The minimum absolute atomic E-state index is 0.353.